The maximum absolute atomic E-state index is 5.70. The first-order valence-corrected chi connectivity index (χ1v) is 4.57. The zero-order chi connectivity index (χ0) is 10.7. The van der Waals surface area contributed by atoms with Crippen molar-refractivity contribution in [2.45, 2.75) is 6.54 Å². The van der Waals surface area contributed by atoms with Gasteiger partial charge in [0.1, 0.15) is 18.4 Å². The predicted molar refractivity (Wildman–Crippen MR) is 55.8 cm³/mol. The van der Waals surface area contributed by atoms with Crippen LogP contribution in [0, 0.1) is 0 Å². The highest BCUT2D eigenvalue weighted by molar-refractivity contribution is 5.49. The molecule has 2 aromatic rings. The summed E-state index contributed by atoms with van der Waals surface area (Å²) in [6, 6.07) is 5.75. The number of nitrogens with zero attached hydrogens (tertiary/aromatic N) is 3. The molecule has 2 N–H and O–H groups in total. The van der Waals surface area contributed by atoms with Crippen LogP contribution < -0.4 is 10.5 Å². The normalized spacial score (nSPS) is 10.3. The largest absolute Gasteiger partial charge is 0.496 e. The number of aromatic nitrogens is 3. The number of benzene rings is 1. The van der Waals surface area contributed by atoms with Gasteiger partial charge >= 0.3 is 0 Å². The molecule has 0 aliphatic rings. The average molecular weight is 204 g/mol. The molecule has 0 fully saturated rings. The van der Waals surface area contributed by atoms with Crippen molar-refractivity contribution >= 4 is 0 Å². The van der Waals surface area contributed by atoms with Crippen molar-refractivity contribution in [1.29, 1.82) is 0 Å². The minimum absolute atomic E-state index is 0.414. The second kappa shape index (κ2) is 4.10. The molecule has 5 heteroatoms. The number of hydrogen-bond acceptors (Lipinski definition) is 4. The highest BCUT2D eigenvalue weighted by Gasteiger charge is 2.08. The first-order valence-electron chi connectivity index (χ1n) is 4.57. The Morgan fingerprint density at radius 2 is 2.07 bits per heavy atom. The van der Waals surface area contributed by atoms with E-state index in [1.54, 1.807) is 19.8 Å². The Hall–Kier alpha value is -1.88. The minimum atomic E-state index is 0.414. The molecule has 0 bridgehead atoms. The summed E-state index contributed by atoms with van der Waals surface area (Å²) in [5.41, 5.74) is 7.59. The third kappa shape index (κ3) is 1.69. The Balaban J connectivity index is 2.56. The molecule has 1 aromatic carbocycles. The lowest BCUT2D eigenvalue weighted by Gasteiger charge is -2.11. The van der Waals surface area contributed by atoms with Gasteiger partial charge in [0.2, 0.25) is 0 Å². The van der Waals surface area contributed by atoms with Crippen molar-refractivity contribution in [3.8, 4) is 11.4 Å². The first kappa shape index (κ1) is 9.67. The van der Waals surface area contributed by atoms with Gasteiger partial charge in [0.25, 0.3) is 0 Å². The molecule has 15 heavy (non-hydrogen) atoms. The molecule has 5 nitrogen and oxygen atoms in total. The Morgan fingerprint density at radius 1 is 1.33 bits per heavy atom. The third-order valence-electron chi connectivity index (χ3n) is 2.23. The molecule has 0 radical (unpaired) electrons. The molecule has 0 unspecified atom stereocenters. The summed E-state index contributed by atoms with van der Waals surface area (Å²) in [5.74, 6) is 0.781. The molecular formula is C10H12N4O. The van der Waals surface area contributed by atoms with Crippen LogP contribution in [0.2, 0.25) is 0 Å². The molecule has 1 heterocycles. The summed E-state index contributed by atoms with van der Waals surface area (Å²) in [5, 5.41) is 7.52. The average Bonchev–Trinajstić information content (AvgIpc) is 2.81. The van der Waals surface area contributed by atoms with E-state index >= 15 is 0 Å². The van der Waals surface area contributed by atoms with Gasteiger partial charge in [-0.1, -0.05) is 6.07 Å². The van der Waals surface area contributed by atoms with Crippen LogP contribution in [0.5, 0.6) is 5.75 Å². The fourth-order valence-corrected chi connectivity index (χ4v) is 1.52. The van der Waals surface area contributed by atoms with Crippen molar-refractivity contribution in [2.75, 3.05) is 7.11 Å². The Kier molecular flexibility index (Phi) is 2.64. The highest BCUT2D eigenvalue weighted by atomic mass is 16.5. The van der Waals surface area contributed by atoms with E-state index in [4.69, 9.17) is 10.5 Å². The van der Waals surface area contributed by atoms with Crippen LogP contribution in [0.4, 0.5) is 0 Å². The Bertz CT molecular complexity index is 439. The van der Waals surface area contributed by atoms with E-state index in [2.05, 4.69) is 10.2 Å². The molecule has 0 amide bonds. The smallest absolute Gasteiger partial charge is 0.125 e. The van der Waals surface area contributed by atoms with Gasteiger partial charge in [-0.05, 0) is 12.1 Å². The molecular weight excluding hydrogens is 192 g/mol. The Morgan fingerprint density at radius 3 is 2.67 bits per heavy atom. The Labute approximate surface area is 87.5 Å². The van der Waals surface area contributed by atoms with Gasteiger partial charge in [-0.25, -0.2) is 0 Å². The lowest BCUT2D eigenvalue weighted by Crippen LogP contribution is -2.05. The van der Waals surface area contributed by atoms with E-state index in [1.165, 1.54) is 0 Å². The molecule has 0 saturated heterocycles. The second-order valence-corrected chi connectivity index (χ2v) is 3.03. The van der Waals surface area contributed by atoms with Crippen molar-refractivity contribution in [3.05, 3.63) is 36.4 Å². The van der Waals surface area contributed by atoms with Gasteiger partial charge in [0.15, 0.2) is 0 Å². The number of hydrogen-bond donors (Lipinski definition) is 1. The van der Waals surface area contributed by atoms with Gasteiger partial charge in [0, 0.05) is 12.1 Å². The maximum atomic E-state index is 5.70. The van der Waals surface area contributed by atoms with Crippen molar-refractivity contribution in [2.24, 2.45) is 5.73 Å². The van der Waals surface area contributed by atoms with Crippen LogP contribution in [-0.2, 0) is 6.54 Å². The van der Waals surface area contributed by atoms with Crippen LogP contribution in [-0.4, -0.2) is 21.9 Å². The fourth-order valence-electron chi connectivity index (χ4n) is 1.52. The highest BCUT2D eigenvalue weighted by Crippen LogP contribution is 2.24. The minimum Gasteiger partial charge on any atom is -0.496 e. The maximum Gasteiger partial charge on any atom is 0.125 e. The summed E-state index contributed by atoms with van der Waals surface area (Å²) in [7, 11) is 1.63. The molecule has 0 aliphatic carbocycles. The molecule has 0 aliphatic heterocycles. The zero-order valence-corrected chi connectivity index (χ0v) is 8.42. The second-order valence-electron chi connectivity index (χ2n) is 3.03. The summed E-state index contributed by atoms with van der Waals surface area (Å²) in [6.45, 7) is 0.414. The van der Waals surface area contributed by atoms with E-state index in [1.807, 2.05) is 22.8 Å². The monoisotopic (exact) mass is 204 g/mol. The molecule has 0 atom stereocenters. The van der Waals surface area contributed by atoms with Gasteiger partial charge in [-0.2, -0.15) is 0 Å². The van der Waals surface area contributed by atoms with Crippen molar-refractivity contribution in [3.63, 3.8) is 0 Å². The van der Waals surface area contributed by atoms with E-state index in [-0.39, 0.29) is 0 Å². The number of nitrogens with two attached hydrogens (primary N) is 1. The fraction of sp³-hybridized carbons (Fsp3) is 0.200. The van der Waals surface area contributed by atoms with E-state index in [0.29, 0.717) is 6.54 Å². The number of methoxy groups -OCH3 is 1. The summed E-state index contributed by atoms with van der Waals surface area (Å²) < 4.78 is 7.05. The van der Waals surface area contributed by atoms with Crippen molar-refractivity contribution in [1.82, 2.24) is 14.8 Å². The summed E-state index contributed by atoms with van der Waals surface area (Å²) >= 11 is 0. The number of rotatable bonds is 3. The molecule has 2 rings (SSSR count). The van der Waals surface area contributed by atoms with E-state index in [0.717, 1.165) is 17.0 Å². The molecule has 0 saturated carbocycles. The van der Waals surface area contributed by atoms with Gasteiger partial charge in [-0.15, -0.1) is 10.2 Å². The third-order valence-corrected chi connectivity index (χ3v) is 2.23. The molecule has 0 spiro atoms. The number of ether oxygens (including phenoxy) is 1. The van der Waals surface area contributed by atoms with Crippen LogP contribution in [0.1, 0.15) is 5.56 Å². The lowest BCUT2D eigenvalue weighted by molar-refractivity contribution is 0.409. The van der Waals surface area contributed by atoms with Crippen LogP contribution in [0.25, 0.3) is 5.69 Å². The zero-order valence-electron chi connectivity index (χ0n) is 8.42. The van der Waals surface area contributed by atoms with Gasteiger partial charge < -0.3 is 10.5 Å². The lowest BCUT2D eigenvalue weighted by atomic mass is 10.1. The van der Waals surface area contributed by atoms with Gasteiger partial charge in [0.05, 0.1) is 12.8 Å². The molecule has 78 valence electrons. The SMILES string of the molecule is COc1cccc(-n2cnnc2)c1CN. The standard InChI is InChI=1S/C10H12N4O/c1-15-10-4-2-3-9(8(10)5-11)14-6-12-13-7-14/h2-4,6-7H,5,11H2,1H3. The van der Waals surface area contributed by atoms with Gasteiger partial charge in [-0.3, -0.25) is 4.57 Å². The van der Waals surface area contributed by atoms with E-state index in [9.17, 15) is 0 Å². The van der Waals surface area contributed by atoms with Crippen LogP contribution in [0.15, 0.2) is 30.9 Å². The van der Waals surface area contributed by atoms with Crippen LogP contribution in [0.3, 0.4) is 0 Å². The summed E-state index contributed by atoms with van der Waals surface area (Å²) in [6.07, 6.45) is 3.27. The predicted octanol–water partition coefficient (Wildman–Crippen LogP) is 0.735. The van der Waals surface area contributed by atoms with Crippen LogP contribution >= 0.6 is 0 Å². The first-order chi connectivity index (χ1) is 7.36. The molecule has 1 aromatic heterocycles. The van der Waals surface area contributed by atoms with Crippen molar-refractivity contribution < 1.29 is 4.74 Å². The van der Waals surface area contributed by atoms with E-state index < -0.39 is 0 Å². The summed E-state index contributed by atoms with van der Waals surface area (Å²) in [4.78, 5) is 0. The topological polar surface area (TPSA) is 66.0 Å². The quantitative estimate of drug-likeness (QED) is 0.800.